The molecule has 4 N–H and O–H groups in total. The molecule has 0 spiro atoms. The van der Waals surface area contributed by atoms with Crippen molar-refractivity contribution in [2.24, 2.45) is 5.73 Å². The molecule has 0 saturated heterocycles. The third-order valence-electron chi connectivity index (χ3n) is 2.25. The highest BCUT2D eigenvalue weighted by atomic mass is 16.1. The predicted octanol–water partition coefficient (Wildman–Crippen LogP) is 0.452. The van der Waals surface area contributed by atoms with E-state index in [1.165, 1.54) is 0 Å². The molecule has 1 aromatic rings. The maximum absolute atomic E-state index is 10.9. The summed E-state index contributed by atoms with van der Waals surface area (Å²) in [6.07, 6.45) is 0. The third kappa shape index (κ3) is 2.64. The van der Waals surface area contributed by atoms with E-state index in [2.05, 4.69) is 0 Å². The fourth-order valence-electron chi connectivity index (χ4n) is 1.41. The zero-order valence-corrected chi connectivity index (χ0v) is 9.10. The molecule has 0 saturated carbocycles. The lowest BCUT2D eigenvalue weighted by Crippen LogP contribution is -2.33. The summed E-state index contributed by atoms with van der Waals surface area (Å²) in [6.45, 7) is 2.67. The molecule has 0 atom stereocenters. The van der Waals surface area contributed by atoms with Crippen molar-refractivity contribution in [2.45, 2.75) is 6.92 Å². The Morgan fingerprint density at radius 1 is 1.56 bits per heavy atom. The second kappa shape index (κ2) is 5.03. The van der Waals surface area contributed by atoms with Gasteiger partial charge in [0, 0.05) is 17.9 Å². The summed E-state index contributed by atoms with van der Waals surface area (Å²) >= 11 is 0. The third-order valence-corrected chi connectivity index (χ3v) is 2.25. The van der Waals surface area contributed by atoms with E-state index >= 15 is 0 Å². The fraction of sp³-hybridized carbons (Fsp3) is 0.273. The van der Waals surface area contributed by atoms with Gasteiger partial charge in [0.1, 0.15) is 6.07 Å². The number of carbonyl (C=O) groups is 1. The van der Waals surface area contributed by atoms with Gasteiger partial charge in [-0.1, -0.05) is 0 Å². The van der Waals surface area contributed by atoms with E-state index in [4.69, 9.17) is 16.7 Å². The highest BCUT2D eigenvalue weighted by molar-refractivity contribution is 5.80. The molecule has 0 bridgehead atoms. The monoisotopic (exact) mass is 218 g/mol. The van der Waals surface area contributed by atoms with E-state index < -0.39 is 5.91 Å². The lowest BCUT2D eigenvalue weighted by atomic mass is 10.1. The summed E-state index contributed by atoms with van der Waals surface area (Å²) in [5, 5.41) is 8.84. The van der Waals surface area contributed by atoms with Crippen LogP contribution in [0.2, 0.25) is 0 Å². The summed E-state index contributed by atoms with van der Waals surface area (Å²) in [6, 6.07) is 7.07. The Kier molecular flexibility index (Phi) is 3.72. The first kappa shape index (κ1) is 11.9. The van der Waals surface area contributed by atoms with Crippen LogP contribution < -0.4 is 16.4 Å². The number of carbonyl (C=O) groups excluding carboxylic acids is 1. The van der Waals surface area contributed by atoms with E-state index in [0.29, 0.717) is 17.8 Å². The number of amides is 1. The first-order valence-corrected chi connectivity index (χ1v) is 4.91. The van der Waals surface area contributed by atoms with Gasteiger partial charge in [0.25, 0.3) is 0 Å². The van der Waals surface area contributed by atoms with E-state index in [-0.39, 0.29) is 6.54 Å². The molecule has 0 fully saturated rings. The van der Waals surface area contributed by atoms with Crippen LogP contribution in [0.25, 0.3) is 0 Å². The number of primary amides is 1. The number of nitrogens with two attached hydrogens (primary N) is 2. The van der Waals surface area contributed by atoms with E-state index in [1.54, 1.807) is 23.1 Å². The minimum Gasteiger partial charge on any atom is -0.398 e. The average Bonchev–Trinajstić information content (AvgIpc) is 2.26. The van der Waals surface area contributed by atoms with Gasteiger partial charge in [0.2, 0.25) is 5.91 Å². The minimum atomic E-state index is -0.405. The van der Waals surface area contributed by atoms with E-state index in [0.717, 1.165) is 5.69 Å². The number of anilines is 2. The lowest BCUT2D eigenvalue weighted by Gasteiger charge is -2.21. The molecule has 0 heterocycles. The summed E-state index contributed by atoms with van der Waals surface area (Å²) in [4.78, 5) is 12.6. The van der Waals surface area contributed by atoms with Crippen LogP contribution in [0.1, 0.15) is 12.5 Å². The van der Waals surface area contributed by atoms with Crippen molar-refractivity contribution in [3.05, 3.63) is 23.8 Å². The molecule has 84 valence electrons. The number of nitriles is 1. The molecule has 0 unspecified atom stereocenters. The number of likely N-dealkylation sites (N-methyl/N-ethyl adjacent to an activating group) is 1. The Balaban J connectivity index is 3.02. The van der Waals surface area contributed by atoms with Crippen LogP contribution in [0, 0.1) is 11.3 Å². The van der Waals surface area contributed by atoms with Crippen molar-refractivity contribution in [3.8, 4) is 6.07 Å². The summed E-state index contributed by atoms with van der Waals surface area (Å²) in [5.41, 5.74) is 12.4. The number of rotatable bonds is 4. The molecule has 1 aromatic carbocycles. The molecule has 0 aliphatic carbocycles. The minimum absolute atomic E-state index is 0.130. The Morgan fingerprint density at radius 3 is 2.75 bits per heavy atom. The van der Waals surface area contributed by atoms with Gasteiger partial charge in [0.05, 0.1) is 12.1 Å². The number of nitrogens with zero attached hydrogens (tertiary/aromatic N) is 2. The molecule has 0 aliphatic heterocycles. The van der Waals surface area contributed by atoms with Crippen molar-refractivity contribution in [2.75, 3.05) is 23.7 Å². The number of hydrogen-bond acceptors (Lipinski definition) is 4. The number of benzene rings is 1. The Morgan fingerprint density at radius 2 is 2.25 bits per heavy atom. The van der Waals surface area contributed by atoms with Gasteiger partial charge in [-0.2, -0.15) is 5.26 Å². The lowest BCUT2D eigenvalue weighted by molar-refractivity contribution is -0.116. The maximum atomic E-state index is 10.9. The molecule has 0 radical (unpaired) electrons. The molecule has 5 heteroatoms. The number of hydrogen-bond donors (Lipinski definition) is 2. The van der Waals surface area contributed by atoms with Crippen LogP contribution in [0.15, 0.2) is 18.2 Å². The zero-order valence-electron chi connectivity index (χ0n) is 9.10. The standard InChI is InChI=1S/C11H14N4O/c1-2-15(7-11(14)16)9-3-4-10(13)8(5-9)6-12/h3-5H,2,7,13H2,1H3,(H2,14,16). The Bertz CT molecular complexity index is 436. The second-order valence-electron chi connectivity index (χ2n) is 3.36. The van der Waals surface area contributed by atoms with Crippen molar-refractivity contribution in [3.63, 3.8) is 0 Å². The highest BCUT2D eigenvalue weighted by Gasteiger charge is 2.09. The van der Waals surface area contributed by atoms with Crippen LogP contribution >= 0.6 is 0 Å². The molecule has 5 nitrogen and oxygen atoms in total. The quantitative estimate of drug-likeness (QED) is 0.717. The largest absolute Gasteiger partial charge is 0.398 e. The molecule has 0 aromatic heterocycles. The topological polar surface area (TPSA) is 96.1 Å². The summed E-state index contributed by atoms with van der Waals surface area (Å²) < 4.78 is 0. The van der Waals surface area contributed by atoms with Crippen molar-refractivity contribution < 1.29 is 4.79 Å². The molecular formula is C11H14N4O. The number of nitrogen functional groups attached to an aromatic ring is 1. The van der Waals surface area contributed by atoms with Crippen LogP contribution in [-0.2, 0) is 4.79 Å². The smallest absolute Gasteiger partial charge is 0.236 e. The van der Waals surface area contributed by atoms with Gasteiger partial charge in [-0.05, 0) is 25.1 Å². The van der Waals surface area contributed by atoms with E-state index in [1.807, 2.05) is 13.0 Å². The van der Waals surface area contributed by atoms with Crippen LogP contribution in [-0.4, -0.2) is 19.0 Å². The zero-order chi connectivity index (χ0) is 12.1. The Hall–Kier alpha value is -2.22. The van der Waals surface area contributed by atoms with Crippen LogP contribution in [0.5, 0.6) is 0 Å². The van der Waals surface area contributed by atoms with Crippen molar-refractivity contribution >= 4 is 17.3 Å². The predicted molar refractivity (Wildman–Crippen MR) is 62.7 cm³/mol. The maximum Gasteiger partial charge on any atom is 0.236 e. The van der Waals surface area contributed by atoms with Crippen molar-refractivity contribution in [1.82, 2.24) is 0 Å². The molecule has 16 heavy (non-hydrogen) atoms. The van der Waals surface area contributed by atoms with Crippen LogP contribution in [0.3, 0.4) is 0 Å². The fourth-order valence-corrected chi connectivity index (χ4v) is 1.41. The molecular weight excluding hydrogens is 204 g/mol. The second-order valence-corrected chi connectivity index (χ2v) is 3.36. The van der Waals surface area contributed by atoms with E-state index in [9.17, 15) is 4.79 Å². The molecule has 1 amide bonds. The first-order valence-electron chi connectivity index (χ1n) is 4.91. The molecule has 0 aliphatic rings. The van der Waals surface area contributed by atoms with Crippen LogP contribution in [0.4, 0.5) is 11.4 Å². The van der Waals surface area contributed by atoms with Crippen molar-refractivity contribution in [1.29, 1.82) is 5.26 Å². The summed E-state index contributed by atoms with van der Waals surface area (Å²) in [5.74, 6) is -0.405. The van der Waals surface area contributed by atoms with Gasteiger partial charge in [-0.25, -0.2) is 0 Å². The Labute approximate surface area is 94.2 Å². The normalized spacial score (nSPS) is 9.50. The van der Waals surface area contributed by atoms with Gasteiger partial charge in [0.15, 0.2) is 0 Å². The van der Waals surface area contributed by atoms with Gasteiger partial charge < -0.3 is 16.4 Å². The SMILES string of the molecule is CCN(CC(N)=O)c1ccc(N)c(C#N)c1. The molecule has 1 rings (SSSR count). The first-order chi connectivity index (χ1) is 7.58. The van der Waals surface area contributed by atoms with Gasteiger partial charge in [-0.3, -0.25) is 4.79 Å². The highest BCUT2D eigenvalue weighted by Crippen LogP contribution is 2.20. The summed E-state index contributed by atoms with van der Waals surface area (Å²) in [7, 11) is 0. The average molecular weight is 218 g/mol. The van der Waals surface area contributed by atoms with Gasteiger partial charge >= 0.3 is 0 Å². The van der Waals surface area contributed by atoms with Gasteiger partial charge in [-0.15, -0.1) is 0 Å².